The number of hydrogen-bond donors (Lipinski definition) is 2. The fourth-order valence-corrected chi connectivity index (χ4v) is 9.84. The number of benzene rings is 5. The number of nitrogens with two attached hydrogens (primary N) is 2. The highest BCUT2D eigenvalue weighted by molar-refractivity contribution is 7.89. The second-order valence-electron chi connectivity index (χ2n) is 17.5. The zero-order chi connectivity index (χ0) is 47.7. The molecule has 1 aliphatic heterocycles. The van der Waals surface area contributed by atoms with Crippen LogP contribution in [0.5, 0.6) is 17.2 Å². The number of methoxy groups -OCH3 is 3. The number of nitrogens with zero attached hydrogens (tertiary/aromatic N) is 7. The van der Waals surface area contributed by atoms with Crippen LogP contribution in [0.3, 0.4) is 0 Å². The van der Waals surface area contributed by atoms with Gasteiger partial charge in [0.05, 0.1) is 44.9 Å². The number of ether oxygens (including phenoxy) is 4. The summed E-state index contributed by atoms with van der Waals surface area (Å²) in [5.41, 5.74) is 16.1. The molecule has 7 rings (SSSR count). The first-order valence-corrected chi connectivity index (χ1v) is 23.5. The van der Waals surface area contributed by atoms with Gasteiger partial charge in [-0.2, -0.15) is 9.10 Å². The minimum atomic E-state index is -4.44. The highest BCUT2D eigenvalue weighted by Crippen LogP contribution is 2.41. The summed E-state index contributed by atoms with van der Waals surface area (Å²) in [4.78, 5) is 20.5. The Morgan fingerprint density at radius 1 is 0.746 bits per heavy atom. The molecule has 1 amide bonds. The zero-order valence-corrected chi connectivity index (χ0v) is 39.7. The number of carbonyl (C=O) groups excluding carboxylic acids is 1. The fourth-order valence-electron chi connectivity index (χ4n) is 8.00. The molecule has 0 spiro atoms. The van der Waals surface area contributed by atoms with E-state index in [1.54, 1.807) is 26.2 Å². The van der Waals surface area contributed by atoms with Crippen molar-refractivity contribution in [3.8, 4) is 39.8 Å². The number of amides is 1. The van der Waals surface area contributed by atoms with Gasteiger partial charge >= 0.3 is 6.09 Å². The molecule has 6 aromatic rings. The Kier molecular flexibility index (Phi) is 15.1. The standard InChI is InChI=1S/C50H59N9O7S/c1-50(2,3)66-49(60)57-27-25-34(26-28-57)29-40-17-24-44(39-15-7-35(8-16-39)30-53-48(51)52)45(47-54-56-59(55-47)33-38-13-22-43(65-6)23-14-38)46(40)67(61,62)58(31-36-9-18-41(63-4)19-10-36)32-37-11-20-42(64-5)21-12-37/h7-24,34H,25-33H2,1-6H3,(H4,51,52,53). The first-order valence-electron chi connectivity index (χ1n) is 22.1. The molecule has 67 heavy (non-hydrogen) atoms. The molecule has 5 aromatic carbocycles. The summed E-state index contributed by atoms with van der Waals surface area (Å²) in [6, 6.07) is 33.7. The summed E-state index contributed by atoms with van der Waals surface area (Å²) in [5, 5.41) is 14.0. The van der Waals surface area contributed by atoms with Crippen LogP contribution >= 0.6 is 0 Å². The number of aromatic nitrogens is 4. The number of guanidine groups is 1. The minimum Gasteiger partial charge on any atom is -0.497 e. The smallest absolute Gasteiger partial charge is 0.410 e. The van der Waals surface area contributed by atoms with E-state index < -0.39 is 15.6 Å². The molecule has 0 aliphatic carbocycles. The van der Waals surface area contributed by atoms with Crippen LogP contribution in [0, 0.1) is 5.92 Å². The van der Waals surface area contributed by atoms with E-state index in [0.717, 1.165) is 27.8 Å². The summed E-state index contributed by atoms with van der Waals surface area (Å²) in [6.07, 6.45) is 1.33. The lowest BCUT2D eigenvalue weighted by Crippen LogP contribution is -2.42. The number of hydrogen-bond acceptors (Lipinski definition) is 11. The van der Waals surface area contributed by atoms with E-state index in [9.17, 15) is 4.79 Å². The third-order valence-electron chi connectivity index (χ3n) is 11.5. The monoisotopic (exact) mass is 929 g/mol. The van der Waals surface area contributed by atoms with Crippen molar-refractivity contribution in [3.63, 3.8) is 0 Å². The third-order valence-corrected chi connectivity index (χ3v) is 13.4. The van der Waals surface area contributed by atoms with Gasteiger partial charge in [0.25, 0.3) is 0 Å². The molecular weight excluding hydrogens is 871 g/mol. The normalized spacial score (nSPS) is 13.3. The summed E-state index contributed by atoms with van der Waals surface area (Å²) in [5.74, 6) is 2.16. The van der Waals surface area contributed by atoms with Crippen molar-refractivity contribution in [2.75, 3.05) is 34.4 Å². The molecule has 16 nitrogen and oxygen atoms in total. The van der Waals surface area contributed by atoms with Crippen LogP contribution in [0.15, 0.2) is 119 Å². The number of carbonyl (C=O) groups is 1. The molecular formula is C50H59N9O7S. The Morgan fingerprint density at radius 3 is 1.78 bits per heavy atom. The average molecular weight is 930 g/mol. The van der Waals surface area contributed by atoms with Gasteiger partial charge < -0.3 is 35.3 Å². The molecule has 0 saturated carbocycles. The van der Waals surface area contributed by atoms with Crippen molar-refractivity contribution in [1.82, 2.24) is 29.4 Å². The Bertz CT molecular complexity index is 2690. The van der Waals surface area contributed by atoms with E-state index in [1.165, 1.54) is 9.10 Å². The fraction of sp³-hybridized carbons (Fsp3) is 0.340. The lowest BCUT2D eigenvalue weighted by molar-refractivity contribution is 0.0184. The number of likely N-dealkylation sites (tertiary alicyclic amines) is 1. The van der Waals surface area contributed by atoms with Crippen LogP contribution in [0.4, 0.5) is 4.79 Å². The molecule has 1 fully saturated rings. The Labute approximate surface area is 392 Å². The van der Waals surface area contributed by atoms with E-state index in [0.29, 0.717) is 66.3 Å². The quantitative estimate of drug-likeness (QED) is 0.0677. The first kappa shape index (κ1) is 48.0. The van der Waals surface area contributed by atoms with E-state index in [2.05, 4.69) is 15.3 Å². The van der Waals surface area contributed by atoms with Crippen LogP contribution in [0.25, 0.3) is 22.5 Å². The lowest BCUT2D eigenvalue weighted by Gasteiger charge is -2.34. The maximum atomic E-state index is 16.1. The second kappa shape index (κ2) is 21.1. The average Bonchev–Trinajstić information content (AvgIpc) is 3.79. The van der Waals surface area contributed by atoms with Crippen LogP contribution in [-0.2, 0) is 47.4 Å². The van der Waals surface area contributed by atoms with Gasteiger partial charge in [0, 0.05) is 26.2 Å². The van der Waals surface area contributed by atoms with Gasteiger partial charge in [-0.05, 0) is 127 Å². The van der Waals surface area contributed by atoms with Crippen molar-refractivity contribution in [3.05, 3.63) is 137 Å². The van der Waals surface area contributed by atoms with Crippen LogP contribution < -0.4 is 25.7 Å². The molecule has 0 radical (unpaired) electrons. The van der Waals surface area contributed by atoms with Crippen molar-refractivity contribution < 1.29 is 32.2 Å². The summed E-state index contributed by atoms with van der Waals surface area (Å²) in [6.45, 7) is 7.10. The minimum absolute atomic E-state index is 0.0232. The van der Waals surface area contributed by atoms with E-state index in [-0.39, 0.29) is 54.9 Å². The molecule has 4 N–H and O–H groups in total. The van der Waals surface area contributed by atoms with Gasteiger partial charge in [0.1, 0.15) is 22.8 Å². The first-order chi connectivity index (χ1) is 32.1. The summed E-state index contributed by atoms with van der Waals surface area (Å²) in [7, 11) is 0.348. The molecule has 1 aromatic heterocycles. The second-order valence-corrected chi connectivity index (χ2v) is 19.4. The van der Waals surface area contributed by atoms with Gasteiger partial charge in [-0.15, -0.1) is 10.2 Å². The molecule has 0 atom stereocenters. The van der Waals surface area contributed by atoms with Gasteiger partial charge in [-0.25, -0.2) is 18.2 Å². The predicted octanol–water partition coefficient (Wildman–Crippen LogP) is 7.44. The van der Waals surface area contributed by atoms with Crippen LogP contribution in [0.1, 0.15) is 61.4 Å². The summed E-state index contributed by atoms with van der Waals surface area (Å²) < 4.78 is 55.7. The Morgan fingerprint density at radius 2 is 1.27 bits per heavy atom. The maximum absolute atomic E-state index is 16.1. The Balaban J connectivity index is 1.39. The third kappa shape index (κ3) is 12.3. The topological polar surface area (TPSA) is 203 Å². The molecule has 17 heteroatoms. The highest BCUT2D eigenvalue weighted by atomic mass is 32.2. The number of aliphatic imine (C=N–C) groups is 1. The van der Waals surface area contributed by atoms with Gasteiger partial charge in [-0.1, -0.05) is 72.8 Å². The largest absolute Gasteiger partial charge is 0.497 e. The SMILES string of the molecule is COc1ccc(CN(Cc2ccc(OC)cc2)S(=O)(=O)c2c(CC3CCN(C(=O)OC(C)(C)C)CC3)ccc(-c3ccc(CN=C(N)N)cc3)c2-c2nnn(Cc3ccc(OC)cc3)n2)cc1. The zero-order valence-electron chi connectivity index (χ0n) is 38.9. The number of piperidine rings is 1. The van der Waals surface area contributed by atoms with E-state index >= 15 is 8.42 Å². The molecule has 0 bridgehead atoms. The lowest BCUT2D eigenvalue weighted by atomic mass is 9.88. The number of rotatable bonds is 17. The van der Waals surface area contributed by atoms with Crippen LogP contribution in [-0.4, -0.2) is 89.9 Å². The maximum Gasteiger partial charge on any atom is 0.410 e. The molecule has 2 heterocycles. The van der Waals surface area contributed by atoms with Gasteiger partial charge in [0.2, 0.25) is 15.8 Å². The Hall–Kier alpha value is -6.98. The van der Waals surface area contributed by atoms with E-state index in [1.807, 2.05) is 130 Å². The number of sulfonamides is 1. The molecule has 0 unspecified atom stereocenters. The van der Waals surface area contributed by atoms with Gasteiger partial charge in [-0.3, -0.25) is 0 Å². The molecule has 1 saturated heterocycles. The highest BCUT2D eigenvalue weighted by Gasteiger charge is 2.36. The molecule has 352 valence electrons. The van der Waals surface area contributed by atoms with Crippen molar-refractivity contribution in [2.45, 2.75) is 76.7 Å². The molecule has 1 aliphatic rings. The summed E-state index contributed by atoms with van der Waals surface area (Å²) >= 11 is 0. The van der Waals surface area contributed by atoms with Gasteiger partial charge in [0.15, 0.2) is 5.96 Å². The van der Waals surface area contributed by atoms with E-state index in [4.69, 9.17) is 35.5 Å². The van der Waals surface area contributed by atoms with Crippen molar-refractivity contribution in [1.29, 1.82) is 0 Å². The predicted molar refractivity (Wildman–Crippen MR) is 257 cm³/mol. The number of tetrazole rings is 1. The van der Waals surface area contributed by atoms with Crippen molar-refractivity contribution in [2.24, 2.45) is 22.4 Å². The van der Waals surface area contributed by atoms with Crippen LogP contribution in [0.2, 0.25) is 0 Å². The van der Waals surface area contributed by atoms with Crippen molar-refractivity contribution >= 4 is 22.1 Å².